The molecule has 0 N–H and O–H groups in total. The van der Waals surface area contributed by atoms with Crippen molar-refractivity contribution in [1.29, 1.82) is 0 Å². The first-order chi connectivity index (χ1) is 13.7. The quantitative estimate of drug-likeness (QED) is 0.426. The van der Waals surface area contributed by atoms with Gasteiger partial charge in [-0.3, -0.25) is 10.1 Å². The van der Waals surface area contributed by atoms with Gasteiger partial charge in [0.15, 0.2) is 0 Å². The van der Waals surface area contributed by atoms with Gasteiger partial charge in [-0.2, -0.15) is 4.31 Å². The summed E-state index contributed by atoms with van der Waals surface area (Å²) < 4.78 is 32.1. The summed E-state index contributed by atoms with van der Waals surface area (Å²) >= 11 is 0. The van der Waals surface area contributed by atoms with E-state index in [4.69, 9.17) is 4.74 Å². The molecule has 0 aliphatic rings. The second kappa shape index (κ2) is 9.62. The van der Waals surface area contributed by atoms with Gasteiger partial charge in [-0.1, -0.05) is 26.0 Å². The molecule has 0 amide bonds. The Morgan fingerprint density at radius 1 is 1.10 bits per heavy atom. The predicted molar refractivity (Wildman–Crippen MR) is 109 cm³/mol. The number of rotatable bonds is 10. The monoisotopic (exact) mass is 420 g/mol. The highest BCUT2D eigenvalue weighted by atomic mass is 32.2. The van der Waals surface area contributed by atoms with E-state index in [2.05, 4.69) is 0 Å². The minimum atomic E-state index is -3.82. The number of carbonyl (C=O) groups excluding carboxylic acids is 1. The van der Waals surface area contributed by atoms with Crippen molar-refractivity contribution in [2.24, 2.45) is 0 Å². The lowest BCUT2D eigenvalue weighted by atomic mass is 10.1. The van der Waals surface area contributed by atoms with Crippen LogP contribution < -0.4 is 4.74 Å². The third-order valence-electron chi connectivity index (χ3n) is 4.39. The summed E-state index contributed by atoms with van der Waals surface area (Å²) in [4.78, 5) is 21.7. The lowest BCUT2D eigenvalue weighted by molar-refractivity contribution is -0.385. The van der Waals surface area contributed by atoms with Crippen LogP contribution >= 0.6 is 0 Å². The van der Waals surface area contributed by atoms with Crippen LogP contribution in [0.4, 0.5) is 5.69 Å². The summed E-state index contributed by atoms with van der Waals surface area (Å²) in [5.74, 6) is 0.421. The Kier molecular flexibility index (Phi) is 7.46. The molecule has 0 saturated heterocycles. The molecule has 0 saturated carbocycles. The van der Waals surface area contributed by atoms with Crippen LogP contribution in [0.2, 0.25) is 0 Å². The number of hydrogen-bond donors (Lipinski definition) is 0. The van der Waals surface area contributed by atoms with Crippen LogP contribution in [0.5, 0.6) is 11.5 Å². The van der Waals surface area contributed by atoms with Gasteiger partial charge >= 0.3 is 5.69 Å². The molecule has 0 aromatic heterocycles. The molecule has 0 spiro atoms. The maximum atomic E-state index is 12.6. The van der Waals surface area contributed by atoms with E-state index in [0.717, 1.165) is 11.6 Å². The predicted octanol–water partition coefficient (Wildman–Crippen LogP) is 3.94. The fourth-order valence-electron chi connectivity index (χ4n) is 2.77. The molecular formula is C20H24N2O6S. The molecule has 156 valence electrons. The maximum absolute atomic E-state index is 12.6. The van der Waals surface area contributed by atoms with Crippen LogP contribution in [0.25, 0.3) is 0 Å². The Balaban J connectivity index is 2.30. The van der Waals surface area contributed by atoms with Crippen molar-refractivity contribution in [2.45, 2.75) is 38.5 Å². The number of carbonyl (C=O) groups is 1. The summed E-state index contributed by atoms with van der Waals surface area (Å²) in [6, 6.07) is 10.5. The van der Waals surface area contributed by atoms with Gasteiger partial charge in [-0.25, -0.2) is 8.42 Å². The molecule has 8 nitrogen and oxygen atoms in total. The molecule has 0 unspecified atom stereocenters. The largest absolute Gasteiger partial charge is 0.450 e. The van der Waals surface area contributed by atoms with Gasteiger partial charge in [-0.15, -0.1) is 0 Å². The van der Waals surface area contributed by atoms with E-state index in [1.54, 1.807) is 38.1 Å². The van der Waals surface area contributed by atoms with Crippen molar-refractivity contribution < 1.29 is 22.9 Å². The van der Waals surface area contributed by atoms with Crippen molar-refractivity contribution in [3.8, 4) is 11.5 Å². The lowest BCUT2D eigenvalue weighted by Gasteiger charge is -2.18. The average molecular weight is 420 g/mol. The van der Waals surface area contributed by atoms with Crippen molar-refractivity contribution in [3.63, 3.8) is 0 Å². The van der Waals surface area contributed by atoms with Gasteiger partial charge < -0.3 is 9.53 Å². The number of aryl methyl sites for hydroxylation is 1. The molecule has 0 fully saturated rings. The van der Waals surface area contributed by atoms with Crippen molar-refractivity contribution in [3.05, 3.63) is 58.1 Å². The number of ketones is 1. The fourth-order valence-corrected chi connectivity index (χ4v) is 4.25. The molecule has 0 radical (unpaired) electrons. The van der Waals surface area contributed by atoms with Gasteiger partial charge in [0.1, 0.15) is 11.5 Å². The molecule has 0 bridgehead atoms. The molecular weight excluding hydrogens is 396 g/mol. The van der Waals surface area contributed by atoms with Gasteiger partial charge in [0, 0.05) is 25.6 Å². The zero-order valence-electron chi connectivity index (χ0n) is 16.6. The molecule has 2 aromatic rings. The molecule has 29 heavy (non-hydrogen) atoms. The Bertz CT molecular complexity index is 983. The normalized spacial score (nSPS) is 11.4. The zero-order valence-corrected chi connectivity index (χ0v) is 17.4. The van der Waals surface area contributed by atoms with E-state index in [9.17, 15) is 23.3 Å². The standard InChI is InChI=1S/C20H24N2O6S/c1-4-21(5-2)29(26,27)18-12-13-20(19(14-18)22(24)25)28-17-10-8-16(9-11-17)7-6-15(3)23/h8-14H,4-7H2,1-3H3. The van der Waals surface area contributed by atoms with E-state index in [1.807, 2.05) is 0 Å². The van der Waals surface area contributed by atoms with E-state index >= 15 is 0 Å². The van der Waals surface area contributed by atoms with Crippen molar-refractivity contribution in [1.82, 2.24) is 4.31 Å². The summed E-state index contributed by atoms with van der Waals surface area (Å²) in [5.41, 5.74) is 0.515. The van der Waals surface area contributed by atoms with Gasteiger partial charge in [-0.05, 0) is 43.2 Å². The highest BCUT2D eigenvalue weighted by Gasteiger charge is 2.26. The smallest absolute Gasteiger partial charge is 0.312 e. The summed E-state index contributed by atoms with van der Waals surface area (Å²) in [7, 11) is -3.82. The van der Waals surface area contributed by atoms with Crippen LogP contribution in [0.15, 0.2) is 47.4 Å². The molecule has 9 heteroatoms. The van der Waals surface area contributed by atoms with Gasteiger partial charge in [0.25, 0.3) is 0 Å². The minimum absolute atomic E-state index is 0.0509. The summed E-state index contributed by atoms with van der Waals surface area (Å²) in [6.45, 7) is 5.46. The Labute approximate surface area is 170 Å². The number of nitro groups is 1. The lowest BCUT2D eigenvalue weighted by Crippen LogP contribution is -2.30. The van der Waals surface area contributed by atoms with Crippen molar-refractivity contribution in [2.75, 3.05) is 13.1 Å². The summed E-state index contributed by atoms with van der Waals surface area (Å²) in [5, 5.41) is 11.5. The number of benzene rings is 2. The number of sulfonamides is 1. The van der Waals surface area contributed by atoms with Crippen LogP contribution in [0.3, 0.4) is 0 Å². The molecule has 0 atom stereocenters. The van der Waals surface area contributed by atoms with Gasteiger partial charge in [0.05, 0.1) is 9.82 Å². The number of nitrogens with zero attached hydrogens (tertiary/aromatic N) is 2. The first-order valence-electron chi connectivity index (χ1n) is 9.23. The number of hydrogen-bond acceptors (Lipinski definition) is 6. The number of Topliss-reactive ketones (excluding diaryl/α,β-unsaturated/α-hetero) is 1. The highest BCUT2D eigenvalue weighted by Crippen LogP contribution is 2.34. The first-order valence-corrected chi connectivity index (χ1v) is 10.7. The first kappa shape index (κ1) is 22.5. The molecule has 2 aromatic carbocycles. The zero-order chi connectivity index (χ0) is 21.6. The third kappa shape index (κ3) is 5.61. The second-order valence-electron chi connectivity index (χ2n) is 6.42. The SMILES string of the molecule is CCN(CC)S(=O)(=O)c1ccc(Oc2ccc(CCC(C)=O)cc2)c([N+](=O)[O-])c1. The highest BCUT2D eigenvalue weighted by molar-refractivity contribution is 7.89. The second-order valence-corrected chi connectivity index (χ2v) is 8.36. The van der Waals surface area contributed by atoms with Crippen molar-refractivity contribution >= 4 is 21.5 Å². The summed E-state index contributed by atoms with van der Waals surface area (Å²) in [6.07, 6.45) is 1.04. The average Bonchev–Trinajstić information content (AvgIpc) is 2.68. The molecule has 0 aliphatic heterocycles. The Hall–Kier alpha value is -2.78. The van der Waals surface area contributed by atoms with E-state index in [-0.39, 0.29) is 29.5 Å². The molecule has 0 heterocycles. The minimum Gasteiger partial charge on any atom is -0.450 e. The van der Waals surface area contributed by atoms with Crippen LogP contribution in [0, 0.1) is 10.1 Å². The topological polar surface area (TPSA) is 107 Å². The maximum Gasteiger partial charge on any atom is 0.312 e. The van der Waals surface area contributed by atoms with E-state index < -0.39 is 20.6 Å². The van der Waals surface area contributed by atoms with E-state index in [1.165, 1.54) is 23.4 Å². The number of nitro benzene ring substituents is 1. The molecule has 2 rings (SSSR count). The van der Waals surface area contributed by atoms with E-state index in [0.29, 0.717) is 18.6 Å². The van der Waals surface area contributed by atoms with Crippen LogP contribution in [-0.4, -0.2) is 36.5 Å². The fraction of sp³-hybridized carbons (Fsp3) is 0.350. The third-order valence-corrected chi connectivity index (χ3v) is 6.43. The number of ether oxygens (including phenoxy) is 1. The molecule has 0 aliphatic carbocycles. The van der Waals surface area contributed by atoms with Crippen LogP contribution in [0.1, 0.15) is 32.8 Å². The Morgan fingerprint density at radius 2 is 1.72 bits per heavy atom. The van der Waals surface area contributed by atoms with Gasteiger partial charge in [0.2, 0.25) is 15.8 Å². The Morgan fingerprint density at radius 3 is 2.24 bits per heavy atom. The van der Waals surface area contributed by atoms with Crippen LogP contribution in [-0.2, 0) is 21.2 Å².